The van der Waals surface area contributed by atoms with Crippen LogP contribution in [0.3, 0.4) is 0 Å². The van der Waals surface area contributed by atoms with E-state index < -0.39 is 0 Å². The third kappa shape index (κ3) is 3.33. The fraction of sp³-hybridized carbons (Fsp3) is 0.150. The largest absolute Gasteiger partial charge is 0.497 e. The van der Waals surface area contributed by atoms with Crippen LogP contribution >= 0.6 is 0 Å². The summed E-state index contributed by atoms with van der Waals surface area (Å²) in [6.07, 6.45) is 1.72. The average molecular weight is 322 g/mol. The number of fused-ring (bicyclic) bond motifs is 1. The summed E-state index contributed by atoms with van der Waals surface area (Å²) in [5.41, 5.74) is 2.36. The number of methoxy groups -OCH3 is 1. The lowest BCUT2D eigenvalue weighted by Gasteiger charge is -2.05. The number of hydrogen-bond donors (Lipinski definition) is 0. The van der Waals surface area contributed by atoms with Gasteiger partial charge in [-0.25, -0.2) is 0 Å². The van der Waals surface area contributed by atoms with Crippen LogP contribution in [0.25, 0.3) is 6.08 Å². The van der Waals surface area contributed by atoms with E-state index in [2.05, 4.69) is 6.58 Å². The van der Waals surface area contributed by atoms with Gasteiger partial charge in [-0.05, 0) is 48.4 Å². The Kier molecular flexibility index (Phi) is 4.38. The first-order valence-electron chi connectivity index (χ1n) is 7.56. The van der Waals surface area contributed by atoms with Crippen LogP contribution in [0.2, 0.25) is 0 Å². The molecule has 0 aromatic heterocycles. The first-order chi connectivity index (χ1) is 11.6. The van der Waals surface area contributed by atoms with Crippen LogP contribution in [0, 0.1) is 0 Å². The van der Waals surface area contributed by atoms with Gasteiger partial charge in [0.2, 0.25) is 5.78 Å². The molecule has 0 spiro atoms. The molecule has 4 nitrogen and oxygen atoms in total. The van der Waals surface area contributed by atoms with Gasteiger partial charge < -0.3 is 14.2 Å². The Morgan fingerprint density at radius 2 is 1.88 bits per heavy atom. The third-order valence-corrected chi connectivity index (χ3v) is 3.54. The van der Waals surface area contributed by atoms with Gasteiger partial charge in [0.1, 0.15) is 23.9 Å². The van der Waals surface area contributed by atoms with Crippen molar-refractivity contribution in [3.8, 4) is 17.2 Å². The van der Waals surface area contributed by atoms with Crippen molar-refractivity contribution in [2.75, 3.05) is 13.7 Å². The molecule has 0 saturated carbocycles. The molecule has 2 aromatic carbocycles. The quantitative estimate of drug-likeness (QED) is 0.609. The highest BCUT2D eigenvalue weighted by Gasteiger charge is 2.27. The van der Waals surface area contributed by atoms with Gasteiger partial charge in [0.15, 0.2) is 5.76 Å². The van der Waals surface area contributed by atoms with Gasteiger partial charge in [0, 0.05) is 6.07 Å². The number of rotatable bonds is 5. The van der Waals surface area contributed by atoms with Crippen molar-refractivity contribution in [1.82, 2.24) is 0 Å². The van der Waals surface area contributed by atoms with Crippen molar-refractivity contribution in [1.29, 1.82) is 0 Å². The van der Waals surface area contributed by atoms with Crippen molar-refractivity contribution < 1.29 is 19.0 Å². The molecule has 0 atom stereocenters. The van der Waals surface area contributed by atoms with Crippen LogP contribution in [0.1, 0.15) is 22.8 Å². The lowest BCUT2D eigenvalue weighted by molar-refractivity contribution is 0.101. The first-order valence-corrected chi connectivity index (χ1v) is 7.56. The van der Waals surface area contributed by atoms with Gasteiger partial charge in [-0.3, -0.25) is 4.79 Å². The summed E-state index contributed by atoms with van der Waals surface area (Å²) in [5, 5.41) is 0. The minimum Gasteiger partial charge on any atom is -0.497 e. The predicted octanol–water partition coefficient (Wildman–Crippen LogP) is 4.27. The summed E-state index contributed by atoms with van der Waals surface area (Å²) < 4.78 is 16.4. The predicted molar refractivity (Wildman–Crippen MR) is 92.7 cm³/mol. The lowest BCUT2D eigenvalue weighted by Crippen LogP contribution is -1.98. The second kappa shape index (κ2) is 6.62. The minimum absolute atomic E-state index is 0.129. The van der Waals surface area contributed by atoms with E-state index in [1.54, 1.807) is 31.4 Å². The van der Waals surface area contributed by atoms with Crippen molar-refractivity contribution in [2.45, 2.75) is 6.92 Å². The number of ketones is 1. The molecule has 0 unspecified atom stereocenters. The first kappa shape index (κ1) is 15.9. The van der Waals surface area contributed by atoms with E-state index in [9.17, 15) is 4.79 Å². The second-order valence-electron chi connectivity index (χ2n) is 5.62. The standard InChI is InChI=1S/C20H18O4/c1-13(2)12-23-15-6-4-14(5-7-15)10-19-20(21)17-9-8-16(22-3)11-18(17)24-19/h4-11H,1,12H2,2-3H3/b19-10-. The number of hydrogen-bond acceptors (Lipinski definition) is 4. The molecular formula is C20H18O4. The SMILES string of the molecule is C=C(C)COc1ccc(/C=C2\Oc3cc(OC)ccc3C2=O)cc1. The molecule has 0 N–H and O–H groups in total. The summed E-state index contributed by atoms with van der Waals surface area (Å²) in [6.45, 7) is 6.20. The second-order valence-corrected chi connectivity index (χ2v) is 5.62. The molecule has 0 saturated heterocycles. The van der Waals surface area contributed by atoms with Gasteiger partial charge in [0.25, 0.3) is 0 Å². The Hall–Kier alpha value is -3.01. The molecular weight excluding hydrogens is 304 g/mol. The molecule has 0 radical (unpaired) electrons. The van der Waals surface area contributed by atoms with Crippen molar-refractivity contribution in [3.63, 3.8) is 0 Å². The van der Waals surface area contributed by atoms with Gasteiger partial charge in [-0.15, -0.1) is 0 Å². The number of allylic oxidation sites excluding steroid dienone is 1. The highest BCUT2D eigenvalue weighted by atomic mass is 16.5. The van der Waals surface area contributed by atoms with E-state index in [-0.39, 0.29) is 5.78 Å². The highest BCUT2D eigenvalue weighted by molar-refractivity contribution is 6.14. The van der Waals surface area contributed by atoms with Crippen LogP contribution in [0.5, 0.6) is 17.2 Å². The minimum atomic E-state index is -0.129. The monoisotopic (exact) mass is 322 g/mol. The van der Waals surface area contributed by atoms with E-state index in [4.69, 9.17) is 14.2 Å². The molecule has 24 heavy (non-hydrogen) atoms. The fourth-order valence-electron chi connectivity index (χ4n) is 2.31. The van der Waals surface area contributed by atoms with Gasteiger partial charge in [-0.2, -0.15) is 0 Å². The van der Waals surface area contributed by atoms with Crippen LogP contribution in [0.15, 0.2) is 60.4 Å². The summed E-state index contributed by atoms with van der Waals surface area (Å²) in [6, 6.07) is 12.6. The molecule has 1 aliphatic heterocycles. The van der Waals surface area contributed by atoms with Crippen molar-refractivity contribution in [2.24, 2.45) is 0 Å². The Balaban J connectivity index is 1.77. The molecule has 0 fully saturated rings. The van der Waals surface area contributed by atoms with E-state index in [1.165, 1.54) is 0 Å². The zero-order valence-electron chi connectivity index (χ0n) is 13.7. The number of carbonyl (C=O) groups is 1. The summed E-state index contributed by atoms with van der Waals surface area (Å²) in [7, 11) is 1.58. The van der Waals surface area contributed by atoms with Gasteiger partial charge in [0.05, 0.1) is 12.7 Å². The topological polar surface area (TPSA) is 44.8 Å². The van der Waals surface area contributed by atoms with Crippen LogP contribution in [-0.2, 0) is 0 Å². The van der Waals surface area contributed by atoms with Gasteiger partial charge >= 0.3 is 0 Å². The zero-order chi connectivity index (χ0) is 17.1. The van der Waals surface area contributed by atoms with E-state index in [1.807, 2.05) is 31.2 Å². The summed E-state index contributed by atoms with van der Waals surface area (Å²) >= 11 is 0. The molecule has 0 aliphatic carbocycles. The van der Waals surface area contributed by atoms with E-state index in [0.717, 1.165) is 16.9 Å². The van der Waals surface area contributed by atoms with E-state index >= 15 is 0 Å². The normalized spacial score (nSPS) is 14.2. The van der Waals surface area contributed by atoms with E-state index in [0.29, 0.717) is 29.4 Å². The maximum absolute atomic E-state index is 12.4. The molecule has 0 bridgehead atoms. The highest BCUT2D eigenvalue weighted by Crippen LogP contribution is 2.34. The third-order valence-electron chi connectivity index (χ3n) is 3.54. The Morgan fingerprint density at radius 1 is 1.17 bits per heavy atom. The molecule has 1 aliphatic rings. The van der Waals surface area contributed by atoms with Crippen LogP contribution < -0.4 is 14.2 Å². The smallest absolute Gasteiger partial charge is 0.231 e. The fourth-order valence-corrected chi connectivity index (χ4v) is 2.31. The summed E-state index contributed by atoms with van der Waals surface area (Å²) in [5.74, 6) is 2.10. The lowest BCUT2D eigenvalue weighted by atomic mass is 10.1. The molecule has 4 heteroatoms. The maximum atomic E-state index is 12.4. The average Bonchev–Trinajstić information content (AvgIpc) is 2.89. The Bertz CT molecular complexity index is 816. The summed E-state index contributed by atoms with van der Waals surface area (Å²) in [4.78, 5) is 12.4. The number of ether oxygens (including phenoxy) is 3. The van der Waals surface area contributed by atoms with Crippen molar-refractivity contribution >= 4 is 11.9 Å². The zero-order valence-corrected chi connectivity index (χ0v) is 13.7. The van der Waals surface area contributed by atoms with Gasteiger partial charge in [-0.1, -0.05) is 18.7 Å². The maximum Gasteiger partial charge on any atom is 0.231 e. The molecule has 2 aromatic rings. The number of carbonyl (C=O) groups excluding carboxylic acids is 1. The van der Waals surface area contributed by atoms with Crippen LogP contribution in [-0.4, -0.2) is 19.5 Å². The van der Waals surface area contributed by atoms with Crippen LogP contribution in [0.4, 0.5) is 0 Å². The molecule has 0 amide bonds. The molecule has 1 heterocycles. The number of benzene rings is 2. The Labute approximate surface area is 141 Å². The van der Waals surface area contributed by atoms with Crippen molar-refractivity contribution in [3.05, 3.63) is 71.5 Å². The number of Topliss-reactive ketones (excluding diaryl/α,β-unsaturated/α-hetero) is 1. The molecule has 122 valence electrons. The Morgan fingerprint density at radius 3 is 2.54 bits per heavy atom. The molecule has 3 rings (SSSR count).